The van der Waals surface area contributed by atoms with Gasteiger partial charge in [-0.3, -0.25) is 40.0 Å². The number of hydrogen-bond donors (Lipinski definition) is 8. The second-order valence-electron chi connectivity index (χ2n) is 25.2. The van der Waals surface area contributed by atoms with Crippen molar-refractivity contribution >= 4 is 86.6 Å². The van der Waals surface area contributed by atoms with Crippen LogP contribution in [0.4, 0.5) is 52.0 Å². The van der Waals surface area contributed by atoms with E-state index in [0.717, 1.165) is 107 Å². The fraction of sp³-hybridized carbons (Fsp3) is 0.320. The fourth-order valence-corrected chi connectivity index (χ4v) is 9.80. The molecular weight excluding hydrogens is 1330 g/mol. The van der Waals surface area contributed by atoms with Crippen molar-refractivity contribution in [3.8, 4) is 12.1 Å². The third-order valence-corrected chi connectivity index (χ3v) is 16.7. The Morgan fingerprint density at radius 3 is 1.54 bits per heavy atom. The van der Waals surface area contributed by atoms with E-state index in [2.05, 4.69) is 77.1 Å². The van der Waals surface area contributed by atoms with Crippen molar-refractivity contribution in [2.24, 2.45) is 5.73 Å². The Hall–Kier alpha value is -10.9. The predicted molar refractivity (Wildman–Crippen MR) is 386 cm³/mol. The normalized spacial score (nSPS) is 14.6. The molecule has 2 amide bonds. The zero-order valence-corrected chi connectivity index (χ0v) is 59.3. The number of aryl methyl sites for hydroxylation is 6. The van der Waals surface area contributed by atoms with E-state index in [-0.39, 0.29) is 29.8 Å². The van der Waals surface area contributed by atoms with Gasteiger partial charge in [-0.1, -0.05) is 0 Å². The van der Waals surface area contributed by atoms with E-state index in [4.69, 9.17) is 33.6 Å². The Balaban J connectivity index is 0.000000152. The number of pyridine rings is 9. The number of rotatable bonds is 13. The molecule has 27 heteroatoms. The van der Waals surface area contributed by atoms with Gasteiger partial charge in [0, 0.05) is 106 Å². The zero-order chi connectivity index (χ0) is 72.0. The molecule has 9 aromatic heterocycles. The van der Waals surface area contributed by atoms with E-state index in [9.17, 15) is 24.3 Å². The minimum atomic E-state index is -1.15. The number of halogens is 2. The van der Waals surface area contributed by atoms with Crippen LogP contribution >= 0.6 is 11.6 Å². The molecule has 12 N–H and O–H groups in total. The molecule has 9 aromatic rings. The SMILES string of the molecule is Cc1ccnc(C)c1N.Cc1ccnc(C)c1NC(=O)c1cccnc1NC1CC1.Cc1ccnc2c1NC(=O)c1cccnc1N2C1CC1.Cc1ncccc1C#N.N#Cc1cccnc1NC1CC1.NC1CC1.O=C(Cl)c1cccnc1[NH2+]C1CC1.O=C([O-])c1cccnc1[NH2+]C1CC1.[Cl-]. The Morgan fingerprint density at radius 2 is 1.02 bits per heavy atom. The van der Waals surface area contributed by atoms with Crippen LogP contribution in [-0.2, 0) is 0 Å². The molecule has 0 aromatic carbocycles. The van der Waals surface area contributed by atoms with Crippen molar-refractivity contribution in [2.45, 2.75) is 155 Å². The summed E-state index contributed by atoms with van der Waals surface area (Å²) < 4.78 is 0. The average molecular weight is 1420 g/mol. The van der Waals surface area contributed by atoms with Crippen LogP contribution in [0, 0.1) is 64.2 Å². The molecule has 528 valence electrons. The molecular formula is C75H84Cl2N20O5. The highest BCUT2D eigenvalue weighted by atomic mass is 35.5. The van der Waals surface area contributed by atoms with Crippen molar-refractivity contribution in [1.29, 1.82) is 10.5 Å². The summed E-state index contributed by atoms with van der Waals surface area (Å²) in [5.74, 6) is 2.73. The van der Waals surface area contributed by atoms with E-state index in [1.165, 1.54) is 44.6 Å². The number of fused-ring (bicyclic) bond motifs is 2. The van der Waals surface area contributed by atoms with Gasteiger partial charge in [-0.15, -0.1) is 0 Å². The predicted octanol–water partition coefficient (Wildman–Crippen LogP) is 6.37. The lowest BCUT2D eigenvalue weighted by atomic mass is 10.1. The summed E-state index contributed by atoms with van der Waals surface area (Å²) >= 11 is 5.41. The van der Waals surface area contributed by atoms with Crippen LogP contribution in [-0.4, -0.2) is 104 Å². The Kier molecular flexibility index (Phi) is 28.2. The quantitative estimate of drug-likeness (QED) is 0.0581. The van der Waals surface area contributed by atoms with Crippen LogP contribution in [0.2, 0.25) is 0 Å². The molecule has 6 fully saturated rings. The summed E-state index contributed by atoms with van der Waals surface area (Å²) in [6.45, 7) is 11.5. The van der Waals surface area contributed by atoms with Gasteiger partial charge in [-0.05, 0) is 212 Å². The van der Waals surface area contributed by atoms with Gasteiger partial charge in [-0.25, -0.2) is 29.9 Å². The summed E-state index contributed by atoms with van der Waals surface area (Å²) in [6, 6.07) is 33.7. The first kappa shape index (κ1) is 76.8. The number of carboxylic acid groups (broad SMARTS) is 1. The number of amides is 2. The number of nitriles is 2. The number of aromatic carboxylic acids is 1. The number of carboxylic acids is 1. The zero-order valence-electron chi connectivity index (χ0n) is 57.8. The number of carbonyl (C=O) groups excluding carboxylic acids is 4. The van der Waals surface area contributed by atoms with Crippen molar-refractivity contribution in [3.05, 3.63) is 214 Å². The second kappa shape index (κ2) is 37.5. The number of anilines is 7. The molecule has 0 unspecified atom stereocenters. The van der Waals surface area contributed by atoms with Crippen molar-refractivity contribution < 1.29 is 47.3 Å². The number of nitrogens with two attached hydrogens (primary N) is 4. The van der Waals surface area contributed by atoms with Gasteiger partial charge in [0.15, 0.2) is 5.82 Å². The molecule has 7 aliphatic rings. The maximum atomic E-state index is 12.5. The average Bonchev–Trinajstić information content (AvgIpc) is 1.61. The van der Waals surface area contributed by atoms with Gasteiger partial charge in [0.05, 0.1) is 80.0 Å². The van der Waals surface area contributed by atoms with Crippen LogP contribution in [0.25, 0.3) is 0 Å². The number of aromatic nitrogens is 9. The largest absolute Gasteiger partial charge is 1.00 e. The van der Waals surface area contributed by atoms with E-state index in [1.54, 1.807) is 116 Å². The van der Waals surface area contributed by atoms with E-state index in [0.29, 0.717) is 81.5 Å². The number of nitrogen functional groups attached to an aromatic ring is 1. The molecule has 16 rings (SSSR count). The van der Waals surface area contributed by atoms with Gasteiger partial charge < -0.3 is 59.9 Å². The summed E-state index contributed by atoms with van der Waals surface area (Å²) in [5.41, 5.74) is 22.0. The Bertz CT molecular complexity index is 4340. The molecule has 25 nitrogen and oxygen atoms in total. The van der Waals surface area contributed by atoms with Gasteiger partial charge in [0.1, 0.15) is 35.2 Å². The first-order valence-electron chi connectivity index (χ1n) is 33.6. The third kappa shape index (κ3) is 23.6. The van der Waals surface area contributed by atoms with E-state index >= 15 is 0 Å². The summed E-state index contributed by atoms with van der Waals surface area (Å²) in [6.07, 6.45) is 29.5. The first-order chi connectivity index (χ1) is 48.8. The van der Waals surface area contributed by atoms with Gasteiger partial charge in [-0.2, -0.15) is 10.5 Å². The lowest BCUT2D eigenvalue weighted by molar-refractivity contribution is -0.590. The van der Waals surface area contributed by atoms with Gasteiger partial charge in [0.2, 0.25) is 11.6 Å². The standard InChI is InChI=1S/C16H18N4O.C15H14N4O.C9H9ClN2O.C9H9N3.C9H10N2O2.C7H10N2.C7H6N2.C3H7N.ClH/c1-10-7-9-17-11(2)14(10)20-16(21)13-4-3-8-18-15(13)19-12-5-6-12;1-9-6-8-17-14-12(9)18-15(20)11-3-2-7-16-13(11)19(14)10-4-5-10;10-8(13)7-2-1-5-11-9(7)12-6-3-4-6;10-6-7-2-1-5-11-9(7)12-8-3-4-8;12-9(13)7-2-1-5-10-8(7)11-6-3-4-6;1-5-3-4-9-6(2)7(5)8;1-6-7(5-8)3-2-4-9-6;4-3-1-2-3;/h3-4,7-9,12H,5-6H2,1-2H3,(H,18,19)(H,20,21);2-3,6-8,10H,4-5H2,1H3,(H,18,20);1-2,5-6H,3-4H2,(H,11,12);1-2,5,8H,3-4H2,(H,11,12);1-2,5-6H,3-4H2,(H,10,11)(H,12,13);3-4H,8H2,1-2H3;2-4H,1H3;3H,1-2,4H2;1H. The highest BCUT2D eigenvalue weighted by Crippen LogP contribution is 2.44. The summed E-state index contributed by atoms with van der Waals surface area (Å²) in [4.78, 5) is 86.2. The summed E-state index contributed by atoms with van der Waals surface area (Å²) in [5, 5.41) is 43.7. The molecule has 0 atom stereocenters. The minimum absolute atomic E-state index is 0. The Morgan fingerprint density at radius 1 is 0.549 bits per heavy atom. The molecule has 0 radical (unpaired) electrons. The van der Waals surface area contributed by atoms with Crippen LogP contribution in [0.5, 0.6) is 0 Å². The smallest absolute Gasteiger partial charge is 0.260 e. The van der Waals surface area contributed by atoms with Gasteiger partial charge in [0.25, 0.3) is 17.1 Å². The number of nitrogens with one attached hydrogen (secondary N) is 4. The van der Waals surface area contributed by atoms with E-state index < -0.39 is 11.2 Å². The molecule has 6 saturated carbocycles. The number of hydrogen-bond acceptors (Lipinski definition) is 21. The number of carbonyl (C=O) groups is 4. The highest BCUT2D eigenvalue weighted by molar-refractivity contribution is 6.68. The maximum absolute atomic E-state index is 12.5. The molecule has 1 aliphatic heterocycles. The van der Waals surface area contributed by atoms with Crippen molar-refractivity contribution in [3.63, 3.8) is 0 Å². The summed E-state index contributed by atoms with van der Waals surface area (Å²) in [7, 11) is 0. The van der Waals surface area contributed by atoms with Crippen LogP contribution in [0.15, 0.2) is 147 Å². The van der Waals surface area contributed by atoms with Gasteiger partial charge >= 0.3 is 0 Å². The number of nitrogens with zero attached hydrogens (tertiary/aromatic N) is 12. The molecule has 10 heterocycles. The lowest BCUT2D eigenvalue weighted by Gasteiger charge is -2.23. The Labute approximate surface area is 604 Å². The first-order valence-corrected chi connectivity index (χ1v) is 34.0. The minimum Gasteiger partial charge on any atom is -1.00 e. The van der Waals surface area contributed by atoms with Crippen molar-refractivity contribution in [2.75, 3.05) is 31.9 Å². The molecule has 0 spiro atoms. The number of quaternary nitrogens is 2. The van der Waals surface area contributed by atoms with Crippen LogP contribution in [0.1, 0.15) is 163 Å². The molecule has 0 bridgehead atoms. The third-order valence-electron chi connectivity index (χ3n) is 16.5. The molecule has 0 saturated heterocycles. The highest BCUT2D eigenvalue weighted by Gasteiger charge is 2.38. The molecule has 102 heavy (non-hydrogen) atoms. The van der Waals surface area contributed by atoms with Crippen molar-refractivity contribution in [1.82, 2.24) is 44.9 Å². The maximum Gasteiger partial charge on any atom is 0.260 e. The van der Waals surface area contributed by atoms with E-state index in [1.807, 2.05) is 82.5 Å². The topological polar surface area (TPSA) is 392 Å². The van der Waals surface area contributed by atoms with Crippen LogP contribution < -0.4 is 65.8 Å². The lowest BCUT2D eigenvalue weighted by Crippen LogP contribution is -3.00. The fourth-order valence-electron chi connectivity index (χ4n) is 9.64. The second-order valence-corrected chi connectivity index (χ2v) is 25.5. The monoisotopic (exact) mass is 1410 g/mol. The van der Waals surface area contributed by atoms with Crippen LogP contribution in [0.3, 0.4) is 0 Å². The molecule has 6 aliphatic carbocycles.